The average Bonchev–Trinajstić information content (AvgIpc) is 3.63. The lowest BCUT2D eigenvalue weighted by Gasteiger charge is -2.37. The third-order valence-electron chi connectivity index (χ3n) is 7.03. The summed E-state index contributed by atoms with van der Waals surface area (Å²) in [6.45, 7) is 1.47. The van der Waals surface area contributed by atoms with Crippen molar-refractivity contribution in [2.75, 3.05) is 40.0 Å². The molecule has 5 rings (SSSR count). The number of hydrogen-bond donors (Lipinski definition) is 0. The van der Waals surface area contributed by atoms with Gasteiger partial charge in [0.15, 0.2) is 0 Å². The first-order valence-electron chi connectivity index (χ1n) is 12.8. The molecule has 3 aromatic rings. The van der Waals surface area contributed by atoms with Crippen molar-refractivity contribution in [2.24, 2.45) is 0 Å². The van der Waals surface area contributed by atoms with Crippen LogP contribution in [-0.4, -0.2) is 67.7 Å². The molecule has 38 heavy (non-hydrogen) atoms. The van der Waals surface area contributed by atoms with Gasteiger partial charge in [-0.1, -0.05) is 18.2 Å². The summed E-state index contributed by atoms with van der Waals surface area (Å²) in [6, 6.07) is 15.0. The van der Waals surface area contributed by atoms with Crippen LogP contribution in [0.3, 0.4) is 0 Å². The second-order valence-electron chi connectivity index (χ2n) is 9.44. The summed E-state index contributed by atoms with van der Waals surface area (Å²) in [6.07, 6.45) is 2.27. The van der Waals surface area contributed by atoms with E-state index in [1.54, 1.807) is 41.5 Å². The molecule has 2 atom stereocenters. The SMILES string of the molecule is COc1cccc(OC[C@H]2c3ccsc3CCN2C(=O)CN(C[C@@H]2CCCO2)C(=O)c2ccccc2F)c1. The van der Waals surface area contributed by atoms with Crippen LogP contribution in [0.1, 0.15) is 39.7 Å². The number of rotatable bonds is 9. The largest absolute Gasteiger partial charge is 0.497 e. The maximum atomic E-state index is 14.5. The van der Waals surface area contributed by atoms with Gasteiger partial charge in [0.05, 0.1) is 24.8 Å². The zero-order chi connectivity index (χ0) is 26.5. The van der Waals surface area contributed by atoms with E-state index in [-0.39, 0.29) is 43.3 Å². The van der Waals surface area contributed by atoms with Gasteiger partial charge in [-0.25, -0.2) is 4.39 Å². The van der Waals surface area contributed by atoms with E-state index in [1.807, 2.05) is 29.6 Å². The van der Waals surface area contributed by atoms with Gasteiger partial charge in [0, 0.05) is 30.6 Å². The van der Waals surface area contributed by atoms with Crippen LogP contribution in [0.25, 0.3) is 0 Å². The minimum absolute atomic E-state index is 0.0463. The molecular formula is C29H31FN2O5S. The molecule has 0 saturated carbocycles. The number of halogens is 1. The maximum Gasteiger partial charge on any atom is 0.257 e. The Morgan fingerprint density at radius 1 is 1.16 bits per heavy atom. The van der Waals surface area contributed by atoms with E-state index in [9.17, 15) is 14.0 Å². The lowest BCUT2D eigenvalue weighted by molar-refractivity contribution is -0.135. The fourth-order valence-electron chi connectivity index (χ4n) is 5.05. The zero-order valence-corrected chi connectivity index (χ0v) is 22.1. The third-order valence-corrected chi connectivity index (χ3v) is 8.03. The summed E-state index contributed by atoms with van der Waals surface area (Å²) in [5, 5.41) is 2.03. The van der Waals surface area contributed by atoms with Gasteiger partial charge in [-0.15, -0.1) is 11.3 Å². The minimum atomic E-state index is -0.604. The first-order chi connectivity index (χ1) is 18.5. The van der Waals surface area contributed by atoms with Gasteiger partial charge in [-0.05, 0) is 60.5 Å². The monoisotopic (exact) mass is 538 g/mol. The Labute approximate surface area is 225 Å². The molecule has 1 aromatic heterocycles. The summed E-state index contributed by atoms with van der Waals surface area (Å²) < 4.78 is 31.7. The molecule has 0 radical (unpaired) electrons. The number of thiophene rings is 1. The molecule has 9 heteroatoms. The van der Waals surface area contributed by atoms with E-state index in [0.29, 0.717) is 24.7 Å². The van der Waals surface area contributed by atoms with Crippen LogP contribution in [0, 0.1) is 5.82 Å². The van der Waals surface area contributed by atoms with Gasteiger partial charge in [0.1, 0.15) is 30.5 Å². The molecule has 2 aliphatic heterocycles. The molecule has 1 fully saturated rings. The number of carbonyl (C=O) groups excluding carboxylic acids is 2. The van der Waals surface area contributed by atoms with Crippen molar-refractivity contribution in [3.8, 4) is 11.5 Å². The molecule has 2 aliphatic rings. The molecule has 0 spiro atoms. The van der Waals surface area contributed by atoms with Crippen molar-refractivity contribution >= 4 is 23.2 Å². The molecule has 2 aromatic carbocycles. The third kappa shape index (κ3) is 5.84. The van der Waals surface area contributed by atoms with Crippen LogP contribution in [0.15, 0.2) is 60.0 Å². The molecule has 0 N–H and O–H groups in total. The van der Waals surface area contributed by atoms with Crippen molar-refractivity contribution in [3.63, 3.8) is 0 Å². The Balaban J connectivity index is 1.36. The lowest BCUT2D eigenvalue weighted by atomic mass is 10.00. The lowest BCUT2D eigenvalue weighted by Crippen LogP contribution is -2.49. The highest BCUT2D eigenvalue weighted by Crippen LogP contribution is 2.34. The Hall–Kier alpha value is -3.43. The number of carbonyl (C=O) groups is 2. The number of benzene rings is 2. The zero-order valence-electron chi connectivity index (χ0n) is 21.3. The van der Waals surface area contributed by atoms with Crippen LogP contribution < -0.4 is 9.47 Å². The molecule has 3 heterocycles. The van der Waals surface area contributed by atoms with Crippen molar-refractivity contribution in [2.45, 2.75) is 31.4 Å². The van der Waals surface area contributed by atoms with Gasteiger partial charge in [0.2, 0.25) is 5.91 Å². The fraction of sp³-hybridized carbons (Fsp3) is 0.379. The number of amides is 2. The van der Waals surface area contributed by atoms with Crippen molar-refractivity contribution in [1.29, 1.82) is 0 Å². The Bertz CT molecular complexity index is 1280. The summed E-state index contributed by atoms with van der Waals surface area (Å²) in [5.41, 5.74) is 1.01. The van der Waals surface area contributed by atoms with Crippen molar-refractivity contribution in [1.82, 2.24) is 9.80 Å². The Morgan fingerprint density at radius 2 is 2.00 bits per heavy atom. The second-order valence-corrected chi connectivity index (χ2v) is 10.4. The Kier molecular flexibility index (Phi) is 8.24. The molecular weight excluding hydrogens is 507 g/mol. The molecule has 1 saturated heterocycles. The number of ether oxygens (including phenoxy) is 3. The van der Waals surface area contributed by atoms with E-state index in [0.717, 1.165) is 24.8 Å². The highest BCUT2D eigenvalue weighted by atomic mass is 32.1. The van der Waals surface area contributed by atoms with Gasteiger partial charge in [-0.3, -0.25) is 9.59 Å². The molecule has 0 bridgehead atoms. The smallest absolute Gasteiger partial charge is 0.257 e. The van der Waals surface area contributed by atoms with E-state index in [1.165, 1.54) is 21.9 Å². The predicted molar refractivity (Wildman–Crippen MR) is 142 cm³/mol. The number of nitrogens with zero attached hydrogens (tertiary/aromatic N) is 2. The molecule has 0 unspecified atom stereocenters. The van der Waals surface area contributed by atoms with E-state index in [4.69, 9.17) is 14.2 Å². The van der Waals surface area contributed by atoms with E-state index < -0.39 is 11.7 Å². The van der Waals surface area contributed by atoms with Crippen LogP contribution in [0.4, 0.5) is 4.39 Å². The topological polar surface area (TPSA) is 68.3 Å². The summed E-state index contributed by atoms with van der Waals surface area (Å²) in [5.74, 6) is 0.0152. The summed E-state index contributed by atoms with van der Waals surface area (Å²) in [7, 11) is 1.60. The number of fused-ring (bicyclic) bond motifs is 1. The quantitative estimate of drug-likeness (QED) is 0.394. The Morgan fingerprint density at radius 3 is 2.79 bits per heavy atom. The highest BCUT2D eigenvalue weighted by Gasteiger charge is 2.35. The summed E-state index contributed by atoms with van der Waals surface area (Å²) in [4.78, 5) is 31.6. The van der Waals surface area contributed by atoms with Gasteiger partial charge >= 0.3 is 0 Å². The average molecular weight is 539 g/mol. The fourth-order valence-corrected chi connectivity index (χ4v) is 5.98. The predicted octanol–water partition coefficient (Wildman–Crippen LogP) is 4.72. The second kappa shape index (κ2) is 12.0. The van der Waals surface area contributed by atoms with Crippen LogP contribution in [0.2, 0.25) is 0 Å². The molecule has 0 aliphatic carbocycles. The van der Waals surface area contributed by atoms with Crippen LogP contribution in [-0.2, 0) is 16.0 Å². The van der Waals surface area contributed by atoms with Crippen LogP contribution in [0.5, 0.6) is 11.5 Å². The van der Waals surface area contributed by atoms with Gasteiger partial charge < -0.3 is 24.0 Å². The first kappa shape index (κ1) is 26.2. The van der Waals surface area contributed by atoms with Crippen molar-refractivity contribution < 1.29 is 28.2 Å². The number of hydrogen-bond acceptors (Lipinski definition) is 6. The minimum Gasteiger partial charge on any atom is -0.497 e. The van der Waals surface area contributed by atoms with Crippen molar-refractivity contribution in [3.05, 3.63) is 81.8 Å². The van der Waals surface area contributed by atoms with E-state index in [2.05, 4.69) is 0 Å². The van der Waals surface area contributed by atoms with Crippen LogP contribution >= 0.6 is 11.3 Å². The molecule has 2 amide bonds. The molecule has 200 valence electrons. The van der Waals surface area contributed by atoms with E-state index >= 15 is 0 Å². The normalized spacial score (nSPS) is 18.6. The van der Waals surface area contributed by atoms with Gasteiger partial charge in [0.25, 0.3) is 5.91 Å². The standard InChI is InChI=1S/C29H31FN2O5S/c1-35-20-6-4-7-21(16-20)37-19-26-24-12-15-38-27(24)11-13-32(26)28(33)18-31(17-22-8-5-14-36-22)29(34)23-9-2-3-10-25(23)30/h2-4,6-7,9-10,12,15-16,22,26H,5,8,11,13-14,17-19H2,1H3/t22-,26-/m0/s1. The number of methoxy groups -OCH3 is 1. The molecule has 7 nitrogen and oxygen atoms in total. The highest BCUT2D eigenvalue weighted by molar-refractivity contribution is 7.10. The van der Waals surface area contributed by atoms with Gasteiger partial charge in [-0.2, -0.15) is 0 Å². The summed E-state index contributed by atoms with van der Waals surface area (Å²) >= 11 is 1.67. The first-order valence-corrected chi connectivity index (χ1v) is 13.7. The maximum absolute atomic E-state index is 14.5.